The van der Waals surface area contributed by atoms with Gasteiger partial charge in [-0.1, -0.05) is 47.5 Å². The van der Waals surface area contributed by atoms with E-state index in [1.165, 1.54) is 11.1 Å². The molecule has 2 aromatic rings. The molecule has 0 aliphatic heterocycles. The van der Waals surface area contributed by atoms with Crippen LogP contribution in [0.2, 0.25) is 10.0 Å². The summed E-state index contributed by atoms with van der Waals surface area (Å²) in [6.07, 6.45) is 3.83. The Bertz CT molecular complexity index is 679. The molecule has 0 N–H and O–H groups in total. The van der Waals surface area contributed by atoms with Crippen molar-refractivity contribution in [3.63, 3.8) is 0 Å². The van der Waals surface area contributed by atoms with Crippen LogP contribution in [0, 0.1) is 0 Å². The van der Waals surface area contributed by atoms with Gasteiger partial charge in [0.1, 0.15) is 0 Å². The first-order chi connectivity index (χ1) is 10.1. The summed E-state index contributed by atoms with van der Waals surface area (Å²) in [6.45, 7) is 0. The summed E-state index contributed by atoms with van der Waals surface area (Å²) in [5, 5.41) is 0.996. The van der Waals surface area contributed by atoms with E-state index in [9.17, 15) is 4.79 Å². The minimum Gasteiger partial charge on any atom is -0.294 e. The lowest BCUT2D eigenvalue weighted by Gasteiger charge is -2.25. The van der Waals surface area contributed by atoms with Crippen LogP contribution in [0.1, 0.15) is 46.7 Å². The average molecular weight is 319 g/mol. The third-order valence-corrected chi connectivity index (χ3v) is 4.70. The largest absolute Gasteiger partial charge is 0.294 e. The number of carbonyl (C=O) groups excluding carboxylic acids is 1. The van der Waals surface area contributed by atoms with Gasteiger partial charge >= 0.3 is 0 Å². The zero-order valence-electron chi connectivity index (χ0n) is 11.6. The molecule has 108 valence electrons. The molecule has 3 heteroatoms. The van der Waals surface area contributed by atoms with Gasteiger partial charge in [-0.05, 0) is 54.5 Å². The highest BCUT2D eigenvalue weighted by atomic mass is 35.5. The van der Waals surface area contributed by atoms with Crippen molar-refractivity contribution in [2.75, 3.05) is 0 Å². The quantitative estimate of drug-likeness (QED) is 0.665. The van der Waals surface area contributed by atoms with Gasteiger partial charge in [-0.15, -0.1) is 0 Å². The van der Waals surface area contributed by atoms with Gasteiger partial charge in [0, 0.05) is 17.0 Å². The van der Waals surface area contributed by atoms with Crippen LogP contribution >= 0.6 is 23.2 Å². The fraction of sp³-hybridized carbons (Fsp3) is 0.278. The third-order valence-electron chi connectivity index (χ3n) is 4.16. The second kappa shape index (κ2) is 6.21. The lowest BCUT2D eigenvalue weighted by atomic mass is 9.79. The minimum atomic E-state index is 0.0957. The highest BCUT2D eigenvalue weighted by molar-refractivity contribution is 6.36. The van der Waals surface area contributed by atoms with Gasteiger partial charge in [0.05, 0.1) is 5.02 Å². The molecule has 0 saturated heterocycles. The predicted molar refractivity (Wildman–Crippen MR) is 87.5 cm³/mol. The normalized spacial score (nSPS) is 17.3. The van der Waals surface area contributed by atoms with Crippen LogP contribution in [-0.2, 0) is 6.42 Å². The molecule has 0 heterocycles. The van der Waals surface area contributed by atoms with Crippen LogP contribution in [0.15, 0.2) is 42.5 Å². The Balaban J connectivity index is 1.83. The smallest absolute Gasteiger partial charge is 0.164 e. The van der Waals surface area contributed by atoms with Gasteiger partial charge in [0.25, 0.3) is 0 Å². The number of Topliss-reactive ketones (excluding diaryl/α,β-unsaturated/α-hetero) is 1. The van der Waals surface area contributed by atoms with Crippen LogP contribution in [0.3, 0.4) is 0 Å². The van der Waals surface area contributed by atoms with Crippen LogP contribution < -0.4 is 0 Å². The van der Waals surface area contributed by atoms with Crippen LogP contribution in [0.25, 0.3) is 0 Å². The number of hydrogen-bond acceptors (Lipinski definition) is 1. The molecule has 2 aromatic carbocycles. The Morgan fingerprint density at radius 2 is 1.95 bits per heavy atom. The average Bonchev–Trinajstić information content (AvgIpc) is 2.47. The van der Waals surface area contributed by atoms with E-state index >= 15 is 0 Å². The fourth-order valence-corrected chi connectivity index (χ4v) is 3.63. The lowest BCUT2D eigenvalue weighted by Crippen LogP contribution is -2.14. The molecular formula is C18H16Cl2O. The van der Waals surface area contributed by atoms with Crippen molar-refractivity contribution >= 4 is 29.0 Å². The Hall–Kier alpha value is -1.31. The summed E-state index contributed by atoms with van der Waals surface area (Å²) < 4.78 is 0. The Labute approximate surface area is 134 Å². The highest BCUT2D eigenvalue weighted by Gasteiger charge is 2.23. The van der Waals surface area contributed by atoms with Crippen LogP contribution in [-0.4, -0.2) is 5.78 Å². The van der Waals surface area contributed by atoms with E-state index < -0.39 is 0 Å². The highest BCUT2D eigenvalue weighted by Crippen LogP contribution is 2.35. The zero-order chi connectivity index (χ0) is 14.8. The summed E-state index contributed by atoms with van der Waals surface area (Å²) >= 11 is 12.0. The Morgan fingerprint density at radius 1 is 1.14 bits per heavy atom. The minimum absolute atomic E-state index is 0.0957. The van der Waals surface area contributed by atoms with E-state index in [0.717, 1.165) is 19.3 Å². The number of carbonyl (C=O) groups is 1. The molecule has 0 fully saturated rings. The van der Waals surface area contributed by atoms with E-state index in [2.05, 4.69) is 24.3 Å². The monoisotopic (exact) mass is 318 g/mol. The van der Waals surface area contributed by atoms with Gasteiger partial charge in [-0.2, -0.15) is 0 Å². The lowest BCUT2D eigenvalue weighted by molar-refractivity contribution is 0.0971. The van der Waals surface area contributed by atoms with Gasteiger partial charge in [-0.3, -0.25) is 4.79 Å². The maximum absolute atomic E-state index is 12.5. The van der Waals surface area contributed by atoms with Gasteiger partial charge in [0.15, 0.2) is 5.78 Å². The summed E-state index contributed by atoms with van der Waals surface area (Å²) in [4.78, 5) is 12.5. The molecule has 1 aliphatic carbocycles. The van der Waals surface area contributed by atoms with E-state index in [-0.39, 0.29) is 5.78 Å². The van der Waals surface area contributed by atoms with E-state index in [4.69, 9.17) is 23.2 Å². The maximum atomic E-state index is 12.5. The first kappa shape index (κ1) is 14.6. The molecule has 1 aliphatic rings. The van der Waals surface area contributed by atoms with E-state index in [1.807, 2.05) is 0 Å². The van der Waals surface area contributed by atoms with Crippen molar-refractivity contribution in [3.8, 4) is 0 Å². The predicted octanol–water partition coefficient (Wildman–Crippen LogP) is 5.69. The van der Waals surface area contributed by atoms with Crippen molar-refractivity contribution in [2.45, 2.75) is 31.6 Å². The van der Waals surface area contributed by atoms with E-state index in [0.29, 0.717) is 27.9 Å². The number of benzene rings is 2. The Morgan fingerprint density at radius 3 is 2.76 bits per heavy atom. The van der Waals surface area contributed by atoms with Crippen molar-refractivity contribution < 1.29 is 4.79 Å². The summed E-state index contributed by atoms with van der Waals surface area (Å²) in [5.41, 5.74) is 3.27. The maximum Gasteiger partial charge on any atom is 0.164 e. The number of hydrogen-bond donors (Lipinski definition) is 0. The topological polar surface area (TPSA) is 17.1 Å². The molecule has 1 atom stereocenters. The number of halogens is 2. The van der Waals surface area contributed by atoms with Crippen molar-refractivity contribution in [3.05, 3.63) is 69.2 Å². The van der Waals surface area contributed by atoms with Crippen molar-refractivity contribution in [1.82, 2.24) is 0 Å². The van der Waals surface area contributed by atoms with Gasteiger partial charge in [0.2, 0.25) is 0 Å². The van der Waals surface area contributed by atoms with Crippen molar-refractivity contribution in [2.24, 2.45) is 0 Å². The summed E-state index contributed by atoms with van der Waals surface area (Å²) in [6, 6.07) is 13.5. The summed E-state index contributed by atoms with van der Waals surface area (Å²) in [7, 11) is 0. The molecular weight excluding hydrogens is 303 g/mol. The second-order valence-corrected chi connectivity index (χ2v) is 6.38. The first-order valence-electron chi connectivity index (χ1n) is 7.21. The van der Waals surface area contributed by atoms with Gasteiger partial charge in [-0.25, -0.2) is 0 Å². The molecule has 1 unspecified atom stereocenters. The first-order valence-corrected chi connectivity index (χ1v) is 7.97. The fourth-order valence-electron chi connectivity index (χ4n) is 3.12. The molecule has 0 amide bonds. The molecule has 21 heavy (non-hydrogen) atoms. The SMILES string of the molecule is O=C(CC1CCCc2ccccc21)c1ccc(Cl)cc1Cl. The van der Waals surface area contributed by atoms with Crippen LogP contribution in [0.4, 0.5) is 0 Å². The summed E-state index contributed by atoms with van der Waals surface area (Å²) in [5.74, 6) is 0.396. The molecule has 0 bridgehead atoms. The molecule has 0 spiro atoms. The van der Waals surface area contributed by atoms with Crippen LogP contribution in [0.5, 0.6) is 0 Å². The number of ketones is 1. The number of aryl methyl sites for hydroxylation is 1. The van der Waals surface area contributed by atoms with Crippen molar-refractivity contribution in [1.29, 1.82) is 0 Å². The number of fused-ring (bicyclic) bond motifs is 1. The molecule has 1 nitrogen and oxygen atoms in total. The third kappa shape index (κ3) is 3.14. The Kier molecular flexibility index (Phi) is 4.32. The molecule has 0 radical (unpaired) electrons. The second-order valence-electron chi connectivity index (χ2n) is 5.54. The number of rotatable bonds is 3. The molecule has 0 saturated carbocycles. The van der Waals surface area contributed by atoms with Gasteiger partial charge < -0.3 is 0 Å². The van der Waals surface area contributed by atoms with E-state index in [1.54, 1.807) is 18.2 Å². The zero-order valence-corrected chi connectivity index (χ0v) is 13.1. The standard InChI is InChI=1S/C18H16Cl2O/c19-14-8-9-16(17(20)11-14)18(21)10-13-6-3-5-12-4-1-2-7-15(12)13/h1-2,4,7-9,11,13H,3,5-6,10H2. The molecule has 3 rings (SSSR count). The molecule has 0 aromatic heterocycles.